The second-order valence-corrected chi connectivity index (χ2v) is 17.8. The first kappa shape index (κ1) is 56.9. The molecule has 20 nitrogen and oxygen atoms in total. The third-order valence-corrected chi connectivity index (χ3v) is 12.1. The summed E-state index contributed by atoms with van der Waals surface area (Å²) in [5, 5.41) is 16.7. The van der Waals surface area contributed by atoms with Crippen LogP contribution in [0.5, 0.6) is 23.0 Å². The number of nitrogens with zero attached hydrogens (tertiary/aromatic N) is 2. The number of pyridine rings is 2. The SMILES string of the molecule is CCCO[C@H]1[C@H](C)OC(=O)[C@@H](NC(=O)c2c(O)c(OC)cc[n+]2Oc2c(OC)ccnc2C(=O)N[C@H]2COC[C@H](OCCCc3ccccc3)[C@@H](OCCCc3ccccc3)[C@H](C)OC2=O)COC[C@@H]1OCCC. The molecule has 20 heteroatoms. The molecule has 0 saturated carbocycles. The molecule has 4 heterocycles. The second kappa shape index (κ2) is 29.5. The molecule has 8 atom stereocenters. The molecule has 0 radical (unpaired) electrons. The van der Waals surface area contributed by atoms with E-state index in [2.05, 4.69) is 39.9 Å². The Labute approximate surface area is 432 Å². The molecule has 0 bridgehead atoms. The van der Waals surface area contributed by atoms with Gasteiger partial charge in [0.15, 0.2) is 29.3 Å². The Morgan fingerprint density at radius 1 is 0.662 bits per heavy atom. The standard InChI is InChI=1S/C54H70N4O16/c1-7-27-68-43-33-67-32-40(54(63)72-35(3)48(43)70-28-8-2)57-52(61)46-47(59)41(64-5)24-26-58(46)74-50-42(65-6)23-25-55-45(50)51(60)56-39-31-66-34-44(69-29-15-21-37-17-11-9-12-18-37)49(36(4)73-53(39)62)71-30-16-22-38-19-13-10-14-20-38/h9-14,17-20,23-26,35-36,39-40,43-44,48-49H,7-8,15-16,21-22,27-34H2,1-6H3,(H2-,56,57,59,60,61)/p+1/t35-,36-,39-,40-,43-,44-,48-,49-/m0/s1. The van der Waals surface area contributed by atoms with Gasteiger partial charge in [-0.2, -0.15) is 0 Å². The highest BCUT2D eigenvalue weighted by atomic mass is 16.7. The molecule has 2 saturated heterocycles. The van der Waals surface area contributed by atoms with E-state index in [0.29, 0.717) is 39.3 Å². The van der Waals surface area contributed by atoms with E-state index in [-0.39, 0.29) is 49.4 Å². The third kappa shape index (κ3) is 16.0. The van der Waals surface area contributed by atoms with Gasteiger partial charge in [-0.25, -0.2) is 19.4 Å². The maximum Gasteiger partial charge on any atom is 0.367 e. The van der Waals surface area contributed by atoms with Crippen LogP contribution in [0.15, 0.2) is 85.2 Å². The van der Waals surface area contributed by atoms with Crippen LogP contribution in [0.4, 0.5) is 0 Å². The Kier molecular flexibility index (Phi) is 22.6. The second-order valence-electron chi connectivity index (χ2n) is 17.8. The van der Waals surface area contributed by atoms with Crippen molar-refractivity contribution in [1.29, 1.82) is 0 Å². The molecular formula is C54H71N4O16+. The van der Waals surface area contributed by atoms with Gasteiger partial charge in [-0.3, -0.25) is 9.59 Å². The third-order valence-electron chi connectivity index (χ3n) is 12.1. The van der Waals surface area contributed by atoms with Gasteiger partial charge in [-0.1, -0.05) is 74.5 Å². The molecular weight excluding hydrogens is 961 g/mol. The summed E-state index contributed by atoms with van der Waals surface area (Å²) >= 11 is 0. The minimum absolute atomic E-state index is 0.0156. The number of carbonyl (C=O) groups is 4. The number of hydrogen-bond acceptors (Lipinski definition) is 17. The molecule has 2 aromatic heterocycles. The van der Waals surface area contributed by atoms with Crippen molar-refractivity contribution in [3.05, 3.63) is 108 Å². The number of aryl methyl sites for hydroxylation is 2. The minimum atomic E-state index is -1.38. The van der Waals surface area contributed by atoms with Crippen molar-refractivity contribution in [3.8, 4) is 23.0 Å². The van der Waals surface area contributed by atoms with E-state index in [0.717, 1.165) is 30.4 Å². The van der Waals surface area contributed by atoms with Crippen LogP contribution in [-0.2, 0) is 60.3 Å². The quantitative estimate of drug-likeness (QED) is 0.0491. The smallest absolute Gasteiger partial charge is 0.367 e. The molecule has 2 fully saturated rings. The molecule has 0 spiro atoms. The fourth-order valence-corrected chi connectivity index (χ4v) is 8.34. The Bertz CT molecular complexity index is 2400. The molecule has 4 aromatic rings. The summed E-state index contributed by atoms with van der Waals surface area (Å²) in [4.78, 5) is 66.7. The lowest BCUT2D eigenvalue weighted by molar-refractivity contribution is -0.876. The van der Waals surface area contributed by atoms with Crippen molar-refractivity contribution >= 4 is 23.8 Å². The van der Waals surface area contributed by atoms with E-state index in [4.69, 9.17) is 52.2 Å². The molecule has 402 valence electrons. The summed E-state index contributed by atoms with van der Waals surface area (Å²) in [5.74, 6) is -4.75. The van der Waals surface area contributed by atoms with E-state index >= 15 is 0 Å². The summed E-state index contributed by atoms with van der Waals surface area (Å²) in [6.07, 6.45) is 2.78. The van der Waals surface area contributed by atoms with Crippen LogP contribution in [0, 0.1) is 0 Å². The number of ether oxygens (including phenoxy) is 10. The van der Waals surface area contributed by atoms with Crippen LogP contribution in [0.25, 0.3) is 0 Å². The number of methoxy groups -OCH3 is 2. The zero-order chi connectivity index (χ0) is 52.8. The summed E-state index contributed by atoms with van der Waals surface area (Å²) in [6, 6.07) is 20.1. The number of benzene rings is 2. The first-order chi connectivity index (χ1) is 36.0. The van der Waals surface area contributed by atoms with Crippen LogP contribution in [0.3, 0.4) is 0 Å². The number of hydrogen-bond donors (Lipinski definition) is 3. The summed E-state index contributed by atoms with van der Waals surface area (Å²) < 4.78 is 60.4. The van der Waals surface area contributed by atoms with Gasteiger partial charge in [0.1, 0.15) is 36.6 Å². The highest BCUT2D eigenvalue weighted by Crippen LogP contribution is 2.32. The molecule has 3 N–H and O–H groups in total. The number of aromatic hydroxyl groups is 1. The van der Waals surface area contributed by atoms with Crippen molar-refractivity contribution in [2.75, 3.05) is 67.1 Å². The first-order valence-electron chi connectivity index (χ1n) is 25.2. The zero-order valence-electron chi connectivity index (χ0n) is 43.1. The monoisotopic (exact) mass is 1030 g/mol. The van der Waals surface area contributed by atoms with Crippen LogP contribution in [0.1, 0.15) is 85.5 Å². The Balaban J connectivity index is 1.19. The molecule has 0 unspecified atom stereocenters. The maximum absolute atomic E-state index is 14.3. The van der Waals surface area contributed by atoms with Crippen LogP contribution in [-0.4, -0.2) is 150 Å². The fraction of sp³-hybridized carbons (Fsp3) is 0.519. The van der Waals surface area contributed by atoms with Gasteiger partial charge in [0, 0.05) is 43.4 Å². The van der Waals surface area contributed by atoms with E-state index in [1.54, 1.807) is 13.8 Å². The average Bonchev–Trinajstić information content (AvgIpc) is 3.48. The number of cyclic esters (lactones) is 2. The van der Waals surface area contributed by atoms with Gasteiger partial charge in [0.25, 0.3) is 11.7 Å². The number of amides is 2. The topological polar surface area (TPSA) is 231 Å². The summed E-state index contributed by atoms with van der Waals surface area (Å²) in [7, 11) is 2.60. The van der Waals surface area contributed by atoms with E-state index < -0.39 is 83.9 Å². The molecule has 2 aromatic carbocycles. The predicted molar refractivity (Wildman–Crippen MR) is 266 cm³/mol. The van der Waals surface area contributed by atoms with E-state index in [9.17, 15) is 24.3 Å². The van der Waals surface area contributed by atoms with Crippen molar-refractivity contribution < 1.29 is 81.2 Å². The average molecular weight is 1030 g/mol. The van der Waals surface area contributed by atoms with Gasteiger partial charge < -0.3 is 63.1 Å². The van der Waals surface area contributed by atoms with Gasteiger partial charge in [-0.05, 0) is 63.5 Å². The minimum Gasteiger partial charge on any atom is -0.499 e. The molecule has 6 rings (SSSR count). The van der Waals surface area contributed by atoms with Gasteiger partial charge in [0.2, 0.25) is 11.9 Å². The molecule has 0 aliphatic carbocycles. The van der Waals surface area contributed by atoms with Crippen molar-refractivity contribution in [1.82, 2.24) is 15.6 Å². The number of nitrogens with one attached hydrogen (secondary N) is 2. The lowest BCUT2D eigenvalue weighted by atomic mass is 10.1. The Morgan fingerprint density at radius 2 is 1.16 bits per heavy atom. The first-order valence-corrected chi connectivity index (χ1v) is 25.2. The summed E-state index contributed by atoms with van der Waals surface area (Å²) in [5.41, 5.74) is 1.39. The van der Waals surface area contributed by atoms with Crippen LogP contribution >= 0.6 is 0 Å². The number of rotatable bonds is 24. The number of carbonyl (C=O) groups excluding carboxylic acids is 4. The normalized spacial score (nSPS) is 22.5. The fourth-order valence-electron chi connectivity index (χ4n) is 8.34. The van der Waals surface area contributed by atoms with E-state index in [1.807, 2.05) is 50.2 Å². The maximum atomic E-state index is 14.3. The Morgan fingerprint density at radius 3 is 1.70 bits per heavy atom. The Hall–Kier alpha value is -6.42. The number of aromatic nitrogens is 2. The molecule has 2 amide bonds. The summed E-state index contributed by atoms with van der Waals surface area (Å²) in [6.45, 7) is 8.26. The van der Waals surface area contributed by atoms with Gasteiger partial charge in [0.05, 0.1) is 46.7 Å². The van der Waals surface area contributed by atoms with Crippen LogP contribution < -0.4 is 29.7 Å². The van der Waals surface area contributed by atoms with Gasteiger partial charge in [-0.15, -0.1) is 0 Å². The van der Waals surface area contributed by atoms with Crippen molar-refractivity contribution in [3.63, 3.8) is 0 Å². The predicted octanol–water partition coefficient (Wildman–Crippen LogP) is 4.68. The highest BCUT2D eigenvalue weighted by molar-refractivity contribution is 5.98. The highest BCUT2D eigenvalue weighted by Gasteiger charge is 2.41. The van der Waals surface area contributed by atoms with Gasteiger partial charge >= 0.3 is 23.5 Å². The zero-order valence-corrected chi connectivity index (χ0v) is 43.1. The molecule has 2 aliphatic heterocycles. The largest absolute Gasteiger partial charge is 0.499 e. The van der Waals surface area contributed by atoms with Crippen LogP contribution in [0.2, 0.25) is 0 Å². The number of esters is 2. The van der Waals surface area contributed by atoms with E-state index in [1.165, 1.54) is 49.9 Å². The van der Waals surface area contributed by atoms with Crippen molar-refractivity contribution in [2.45, 2.75) is 115 Å². The molecule has 2 aliphatic rings. The van der Waals surface area contributed by atoms with Crippen molar-refractivity contribution in [2.24, 2.45) is 0 Å². The lowest BCUT2D eigenvalue weighted by Gasteiger charge is -2.30. The lowest BCUT2D eigenvalue weighted by Crippen LogP contribution is -2.52. The molecule has 74 heavy (non-hydrogen) atoms.